The first-order valence-electron chi connectivity index (χ1n) is 7.60. The summed E-state index contributed by atoms with van der Waals surface area (Å²) >= 11 is 0. The predicted octanol–water partition coefficient (Wildman–Crippen LogP) is 2.20. The number of fused-ring (bicyclic) bond motifs is 1. The van der Waals surface area contributed by atoms with Crippen LogP contribution in [0.2, 0.25) is 0 Å². The number of amides is 2. The summed E-state index contributed by atoms with van der Waals surface area (Å²) < 4.78 is 0. The van der Waals surface area contributed by atoms with Crippen LogP contribution < -0.4 is 15.8 Å². The SMILES string of the molecule is CCC1(NNC(=O)c2ccccc2)C(=O)N(C)c2ccccc21. The molecule has 3 rings (SSSR count). The van der Waals surface area contributed by atoms with E-state index in [9.17, 15) is 9.59 Å². The highest BCUT2D eigenvalue weighted by Gasteiger charge is 2.48. The molecule has 2 N–H and O–H groups in total. The molecular formula is C18H19N3O2. The van der Waals surface area contributed by atoms with Gasteiger partial charge >= 0.3 is 0 Å². The summed E-state index contributed by atoms with van der Waals surface area (Å²) in [6, 6.07) is 16.5. The van der Waals surface area contributed by atoms with Crippen molar-refractivity contribution in [2.45, 2.75) is 18.9 Å². The van der Waals surface area contributed by atoms with Gasteiger partial charge in [-0.25, -0.2) is 5.43 Å². The van der Waals surface area contributed by atoms with E-state index in [1.165, 1.54) is 0 Å². The molecule has 1 aliphatic rings. The van der Waals surface area contributed by atoms with Crippen LogP contribution in [0.4, 0.5) is 5.69 Å². The number of benzene rings is 2. The Morgan fingerprint density at radius 1 is 1.09 bits per heavy atom. The van der Waals surface area contributed by atoms with Crippen LogP contribution in [0.1, 0.15) is 29.3 Å². The van der Waals surface area contributed by atoms with Crippen molar-refractivity contribution in [2.75, 3.05) is 11.9 Å². The Labute approximate surface area is 135 Å². The number of hydrogen-bond donors (Lipinski definition) is 2. The van der Waals surface area contributed by atoms with Gasteiger partial charge in [-0.05, 0) is 24.6 Å². The monoisotopic (exact) mass is 309 g/mol. The normalized spacial score (nSPS) is 19.6. The first kappa shape index (κ1) is 15.2. The maximum absolute atomic E-state index is 12.8. The molecule has 5 heteroatoms. The summed E-state index contributed by atoms with van der Waals surface area (Å²) in [6.45, 7) is 1.93. The largest absolute Gasteiger partial charge is 0.313 e. The lowest BCUT2D eigenvalue weighted by Gasteiger charge is -2.28. The first-order chi connectivity index (χ1) is 11.1. The van der Waals surface area contributed by atoms with Gasteiger partial charge in [-0.2, -0.15) is 0 Å². The fourth-order valence-electron chi connectivity index (χ4n) is 3.01. The fraction of sp³-hybridized carbons (Fsp3) is 0.222. The molecule has 2 aromatic carbocycles. The molecule has 0 fully saturated rings. The minimum atomic E-state index is -0.935. The van der Waals surface area contributed by atoms with Crippen molar-refractivity contribution in [3.05, 3.63) is 65.7 Å². The van der Waals surface area contributed by atoms with E-state index in [4.69, 9.17) is 0 Å². The van der Waals surface area contributed by atoms with Gasteiger partial charge in [0.1, 0.15) is 5.54 Å². The zero-order chi connectivity index (χ0) is 16.4. The van der Waals surface area contributed by atoms with Gasteiger partial charge in [-0.15, -0.1) is 0 Å². The average Bonchev–Trinajstić information content (AvgIpc) is 2.82. The smallest absolute Gasteiger partial charge is 0.265 e. The van der Waals surface area contributed by atoms with Crippen molar-refractivity contribution < 1.29 is 9.59 Å². The van der Waals surface area contributed by atoms with Crippen molar-refractivity contribution >= 4 is 17.5 Å². The van der Waals surface area contributed by atoms with Crippen molar-refractivity contribution in [1.82, 2.24) is 10.9 Å². The molecule has 0 spiro atoms. The second-order valence-electron chi connectivity index (χ2n) is 5.59. The van der Waals surface area contributed by atoms with Gasteiger partial charge in [0, 0.05) is 23.9 Å². The number of hydrazine groups is 1. The highest BCUT2D eigenvalue weighted by atomic mass is 16.2. The highest BCUT2D eigenvalue weighted by Crippen LogP contribution is 2.40. The number of para-hydroxylation sites is 1. The maximum atomic E-state index is 12.8. The molecule has 23 heavy (non-hydrogen) atoms. The quantitative estimate of drug-likeness (QED) is 0.851. The fourth-order valence-corrected chi connectivity index (χ4v) is 3.01. The third kappa shape index (κ3) is 2.39. The number of nitrogens with zero attached hydrogens (tertiary/aromatic N) is 1. The van der Waals surface area contributed by atoms with Crippen LogP contribution in [0.3, 0.4) is 0 Å². The molecular weight excluding hydrogens is 290 g/mol. The van der Waals surface area contributed by atoms with Crippen molar-refractivity contribution in [1.29, 1.82) is 0 Å². The van der Waals surface area contributed by atoms with Crippen LogP contribution in [-0.4, -0.2) is 18.9 Å². The van der Waals surface area contributed by atoms with Crippen LogP contribution in [0.15, 0.2) is 54.6 Å². The first-order valence-corrected chi connectivity index (χ1v) is 7.60. The zero-order valence-corrected chi connectivity index (χ0v) is 13.2. The van der Waals surface area contributed by atoms with Crippen LogP contribution in [-0.2, 0) is 10.3 Å². The number of carbonyl (C=O) groups is 2. The molecule has 1 unspecified atom stereocenters. The third-order valence-electron chi connectivity index (χ3n) is 4.35. The molecule has 0 aliphatic carbocycles. The molecule has 5 nitrogen and oxygen atoms in total. The minimum absolute atomic E-state index is 0.0745. The van der Waals surface area contributed by atoms with E-state index in [2.05, 4.69) is 10.9 Å². The molecule has 0 saturated carbocycles. The zero-order valence-electron chi connectivity index (χ0n) is 13.2. The summed E-state index contributed by atoms with van der Waals surface area (Å²) in [7, 11) is 1.75. The average molecular weight is 309 g/mol. The summed E-state index contributed by atoms with van der Waals surface area (Å²) in [5, 5.41) is 0. The molecule has 2 aromatic rings. The van der Waals surface area contributed by atoms with Crippen molar-refractivity contribution in [3.8, 4) is 0 Å². The Balaban J connectivity index is 1.88. The molecule has 1 aliphatic heterocycles. The van der Waals surface area contributed by atoms with E-state index in [0.717, 1.165) is 11.3 Å². The van der Waals surface area contributed by atoms with Crippen LogP contribution in [0.5, 0.6) is 0 Å². The lowest BCUT2D eigenvalue weighted by atomic mass is 9.89. The highest BCUT2D eigenvalue weighted by molar-refractivity contribution is 6.07. The van der Waals surface area contributed by atoms with E-state index >= 15 is 0 Å². The van der Waals surface area contributed by atoms with Crippen LogP contribution >= 0.6 is 0 Å². The lowest BCUT2D eigenvalue weighted by Crippen LogP contribution is -2.56. The Kier molecular flexibility index (Phi) is 3.88. The van der Waals surface area contributed by atoms with Gasteiger partial charge < -0.3 is 4.90 Å². The molecule has 0 aromatic heterocycles. The summed E-state index contributed by atoms with van der Waals surface area (Å²) in [5.74, 6) is -0.340. The van der Waals surface area contributed by atoms with E-state index in [0.29, 0.717) is 12.0 Å². The molecule has 1 atom stereocenters. The number of nitrogens with one attached hydrogen (secondary N) is 2. The Morgan fingerprint density at radius 2 is 1.74 bits per heavy atom. The second kappa shape index (κ2) is 5.85. The summed E-state index contributed by atoms with van der Waals surface area (Å²) in [4.78, 5) is 26.7. The number of carbonyl (C=O) groups excluding carboxylic acids is 2. The second-order valence-corrected chi connectivity index (χ2v) is 5.59. The molecule has 0 saturated heterocycles. The molecule has 1 heterocycles. The minimum Gasteiger partial charge on any atom is -0.313 e. The lowest BCUT2D eigenvalue weighted by molar-refractivity contribution is -0.124. The molecule has 0 radical (unpaired) electrons. The topological polar surface area (TPSA) is 61.4 Å². The van der Waals surface area contributed by atoms with Crippen molar-refractivity contribution in [3.63, 3.8) is 0 Å². The van der Waals surface area contributed by atoms with Gasteiger partial charge in [0.15, 0.2) is 0 Å². The Bertz CT molecular complexity index is 745. The van der Waals surface area contributed by atoms with Gasteiger partial charge in [0.25, 0.3) is 11.8 Å². The summed E-state index contributed by atoms with van der Waals surface area (Å²) in [6.07, 6.45) is 0.530. The van der Waals surface area contributed by atoms with Crippen molar-refractivity contribution in [2.24, 2.45) is 0 Å². The standard InChI is InChI=1S/C18H19N3O2/c1-3-18(20-19-16(22)13-9-5-4-6-10-13)14-11-7-8-12-15(14)21(2)17(18)23/h4-12,20H,3H2,1-2H3,(H,19,22). The van der Waals surface area contributed by atoms with Gasteiger partial charge in [0.2, 0.25) is 0 Å². The number of hydrogen-bond acceptors (Lipinski definition) is 3. The van der Waals surface area contributed by atoms with Gasteiger partial charge in [-0.3, -0.25) is 15.0 Å². The number of anilines is 1. The molecule has 2 amide bonds. The van der Waals surface area contributed by atoms with Crippen LogP contribution in [0.25, 0.3) is 0 Å². The number of rotatable bonds is 4. The van der Waals surface area contributed by atoms with Crippen LogP contribution in [0, 0.1) is 0 Å². The van der Waals surface area contributed by atoms with E-state index in [-0.39, 0.29) is 11.8 Å². The maximum Gasteiger partial charge on any atom is 0.265 e. The van der Waals surface area contributed by atoms with Gasteiger partial charge in [0.05, 0.1) is 0 Å². The third-order valence-corrected chi connectivity index (χ3v) is 4.35. The molecule has 0 bridgehead atoms. The predicted molar refractivity (Wildman–Crippen MR) is 88.9 cm³/mol. The Hall–Kier alpha value is -2.66. The number of likely N-dealkylation sites (N-methyl/N-ethyl adjacent to an activating group) is 1. The van der Waals surface area contributed by atoms with E-state index in [1.54, 1.807) is 36.2 Å². The Morgan fingerprint density at radius 3 is 2.43 bits per heavy atom. The summed E-state index contributed by atoms with van der Waals surface area (Å²) in [5.41, 5.74) is 7.02. The molecule has 118 valence electrons. The van der Waals surface area contributed by atoms with E-state index in [1.807, 2.05) is 37.3 Å². The van der Waals surface area contributed by atoms with Gasteiger partial charge in [-0.1, -0.05) is 43.3 Å². The van der Waals surface area contributed by atoms with E-state index < -0.39 is 5.54 Å².